The molecule has 3 rings (SSSR count). The molecule has 0 radical (unpaired) electrons. The standard InChI is InChI=1S/C13H19NO3/c1-13(2,3)17-12(15)14-6-8-9(7-14)11-5-4-10(8)16-11/h4-5,8-11H,6-7H2,1-3H3/t8-,9-,10-,11-/m1/s1. The summed E-state index contributed by atoms with van der Waals surface area (Å²) < 4.78 is 11.2. The molecule has 0 spiro atoms. The number of hydrogen-bond acceptors (Lipinski definition) is 3. The van der Waals surface area contributed by atoms with Crippen LogP contribution in [0.5, 0.6) is 0 Å². The van der Waals surface area contributed by atoms with Crippen molar-refractivity contribution in [2.24, 2.45) is 11.8 Å². The summed E-state index contributed by atoms with van der Waals surface area (Å²) in [5, 5.41) is 0. The third kappa shape index (κ3) is 1.84. The van der Waals surface area contributed by atoms with Gasteiger partial charge in [0, 0.05) is 24.9 Å². The molecule has 0 aromatic carbocycles. The first kappa shape index (κ1) is 11.1. The maximum Gasteiger partial charge on any atom is 0.410 e. The molecular weight excluding hydrogens is 218 g/mol. The van der Waals surface area contributed by atoms with E-state index < -0.39 is 5.60 Å². The van der Waals surface area contributed by atoms with Crippen molar-refractivity contribution in [1.82, 2.24) is 4.90 Å². The summed E-state index contributed by atoms with van der Waals surface area (Å²) in [6, 6.07) is 0. The highest BCUT2D eigenvalue weighted by molar-refractivity contribution is 5.68. The highest BCUT2D eigenvalue weighted by atomic mass is 16.6. The van der Waals surface area contributed by atoms with Gasteiger partial charge in [-0.3, -0.25) is 0 Å². The smallest absolute Gasteiger partial charge is 0.410 e. The summed E-state index contributed by atoms with van der Waals surface area (Å²) in [6.45, 7) is 7.23. The molecule has 0 N–H and O–H groups in total. The van der Waals surface area contributed by atoms with E-state index in [-0.39, 0.29) is 18.3 Å². The lowest BCUT2D eigenvalue weighted by molar-refractivity contribution is 0.0223. The van der Waals surface area contributed by atoms with Crippen LogP contribution in [-0.2, 0) is 9.47 Å². The molecule has 0 aliphatic carbocycles. The van der Waals surface area contributed by atoms with Crippen molar-refractivity contribution in [3.05, 3.63) is 12.2 Å². The van der Waals surface area contributed by atoms with E-state index in [1.54, 1.807) is 0 Å². The zero-order chi connectivity index (χ0) is 12.2. The van der Waals surface area contributed by atoms with Crippen molar-refractivity contribution < 1.29 is 14.3 Å². The zero-order valence-corrected chi connectivity index (χ0v) is 10.6. The molecule has 0 saturated carbocycles. The van der Waals surface area contributed by atoms with E-state index >= 15 is 0 Å². The normalized spacial score (nSPS) is 38.6. The molecule has 3 aliphatic heterocycles. The monoisotopic (exact) mass is 237 g/mol. The number of amides is 1. The SMILES string of the molecule is CC(C)(C)OC(=O)N1C[C@@H]2[C@@H](C1)[C@H]1C=C[C@H]2O1. The van der Waals surface area contributed by atoms with Crippen molar-refractivity contribution in [2.75, 3.05) is 13.1 Å². The summed E-state index contributed by atoms with van der Waals surface area (Å²) in [5.41, 5.74) is -0.414. The number of fused-ring (bicyclic) bond motifs is 5. The van der Waals surface area contributed by atoms with Gasteiger partial charge in [-0.25, -0.2) is 4.79 Å². The van der Waals surface area contributed by atoms with Gasteiger partial charge in [0.1, 0.15) is 5.60 Å². The molecule has 4 atom stereocenters. The third-order valence-electron chi connectivity index (χ3n) is 3.71. The van der Waals surface area contributed by atoms with Crippen molar-refractivity contribution in [3.8, 4) is 0 Å². The predicted octanol–water partition coefficient (Wildman–Crippen LogP) is 1.81. The topological polar surface area (TPSA) is 38.8 Å². The van der Waals surface area contributed by atoms with Crippen LogP contribution in [0.15, 0.2) is 12.2 Å². The fourth-order valence-electron chi connectivity index (χ4n) is 3.00. The average Bonchev–Trinajstić information content (AvgIpc) is 2.87. The van der Waals surface area contributed by atoms with Crippen LogP contribution in [0.3, 0.4) is 0 Å². The first-order chi connectivity index (χ1) is 7.94. The van der Waals surface area contributed by atoms with Gasteiger partial charge >= 0.3 is 6.09 Å². The molecule has 2 bridgehead atoms. The number of carbonyl (C=O) groups is 1. The molecular formula is C13H19NO3. The summed E-state index contributed by atoms with van der Waals surface area (Å²) >= 11 is 0. The van der Waals surface area contributed by atoms with Gasteiger partial charge in [-0.1, -0.05) is 12.2 Å². The molecule has 4 nitrogen and oxygen atoms in total. The Kier molecular flexibility index (Phi) is 2.27. The number of likely N-dealkylation sites (tertiary alicyclic amines) is 1. The minimum Gasteiger partial charge on any atom is -0.444 e. The number of carbonyl (C=O) groups excluding carboxylic acids is 1. The van der Waals surface area contributed by atoms with E-state index in [9.17, 15) is 4.79 Å². The van der Waals surface area contributed by atoms with Crippen molar-refractivity contribution in [2.45, 2.75) is 38.6 Å². The summed E-state index contributed by atoms with van der Waals surface area (Å²) in [5.74, 6) is 0.940. The molecule has 2 saturated heterocycles. The summed E-state index contributed by atoms with van der Waals surface area (Å²) in [7, 11) is 0. The highest BCUT2D eigenvalue weighted by Crippen LogP contribution is 2.43. The van der Waals surface area contributed by atoms with E-state index in [1.165, 1.54) is 0 Å². The van der Waals surface area contributed by atoms with Crippen LogP contribution < -0.4 is 0 Å². The third-order valence-corrected chi connectivity index (χ3v) is 3.71. The Morgan fingerprint density at radius 2 is 1.76 bits per heavy atom. The maximum absolute atomic E-state index is 12.0. The van der Waals surface area contributed by atoms with Crippen LogP contribution in [0, 0.1) is 11.8 Å². The molecule has 94 valence electrons. The quantitative estimate of drug-likeness (QED) is 0.603. The van der Waals surface area contributed by atoms with Crippen molar-refractivity contribution >= 4 is 6.09 Å². The molecule has 0 aromatic rings. The summed E-state index contributed by atoms with van der Waals surface area (Å²) in [6.07, 6.45) is 4.51. The van der Waals surface area contributed by atoms with E-state index in [1.807, 2.05) is 25.7 Å². The molecule has 0 aromatic heterocycles. The second-order valence-electron chi connectivity index (χ2n) is 6.16. The van der Waals surface area contributed by atoms with Gasteiger partial charge < -0.3 is 14.4 Å². The Labute approximate surface area is 102 Å². The van der Waals surface area contributed by atoms with Crippen molar-refractivity contribution in [1.29, 1.82) is 0 Å². The largest absolute Gasteiger partial charge is 0.444 e. The number of ether oxygens (including phenoxy) is 2. The van der Waals surface area contributed by atoms with E-state index in [4.69, 9.17) is 9.47 Å². The van der Waals surface area contributed by atoms with Crippen LogP contribution in [0.1, 0.15) is 20.8 Å². The first-order valence-corrected chi connectivity index (χ1v) is 6.26. The van der Waals surface area contributed by atoms with Gasteiger partial charge in [-0.05, 0) is 20.8 Å². The number of nitrogens with zero attached hydrogens (tertiary/aromatic N) is 1. The molecule has 0 unspecified atom stereocenters. The fourth-order valence-corrected chi connectivity index (χ4v) is 3.00. The second-order valence-corrected chi connectivity index (χ2v) is 6.16. The van der Waals surface area contributed by atoms with Gasteiger partial charge in [-0.2, -0.15) is 0 Å². The molecule has 4 heteroatoms. The molecule has 3 aliphatic rings. The lowest BCUT2D eigenvalue weighted by atomic mass is 9.86. The summed E-state index contributed by atoms with van der Waals surface area (Å²) in [4.78, 5) is 13.8. The second kappa shape index (κ2) is 3.48. The Bertz CT molecular complexity index is 351. The molecule has 1 amide bonds. The fraction of sp³-hybridized carbons (Fsp3) is 0.769. The van der Waals surface area contributed by atoms with Crippen LogP contribution in [0.2, 0.25) is 0 Å². The maximum atomic E-state index is 12.0. The molecule has 2 fully saturated rings. The predicted molar refractivity (Wildman–Crippen MR) is 62.6 cm³/mol. The van der Waals surface area contributed by atoms with Crippen molar-refractivity contribution in [3.63, 3.8) is 0 Å². The Morgan fingerprint density at radius 3 is 2.24 bits per heavy atom. The number of rotatable bonds is 0. The van der Waals surface area contributed by atoms with Crippen LogP contribution in [0.25, 0.3) is 0 Å². The zero-order valence-electron chi connectivity index (χ0n) is 10.6. The molecule has 3 heterocycles. The average molecular weight is 237 g/mol. The Balaban J connectivity index is 1.64. The van der Waals surface area contributed by atoms with Crippen LogP contribution >= 0.6 is 0 Å². The van der Waals surface area contributed by atoms with Gasteiger partial charge in [-0.15, -0.1) is 0 Å². The lowest BCUT2D eigenvalue weighted by Crippen LogP contribution is -2.36. The minimum atomic E-state index is -0.414. The van der Waals surface area contributed by atoms with Crippen LogP contribution in [0.4, 0.5) is 4.79 Å². The van der Waals surface area contributed by atoms with Gasteiger partial charge in [0.2, 0.25) is 0 Å². The van der Waals surface area contributed by atoms with Crippen LogP contribution in [-0.4, -0.2) is 41.9 Å². The van der Waals surface area contributed by atoms with E-state index in [0.29, 0.717) is 11.8 Å². The van der Waals surface area contributed by atoms with Gasteiger partial charge in [0.25, 0.3) is 0 Å². The minimum absolute atomic E-state index is 0.189. The highest BCUT2D eigenvalue weighted by Gasteiger charge is 2.51. The van der Waals surface area contributed by atoms with Gasteiger partial charge in [0.15, 0.2) is 0 Å². The first-order valence-electron chi connectivity index (χ1n) is 6.26. The van der Waals surface area contributed by atoms with E-state index in [2.05, 4.69) is 12.2 Å². The lowest BCUT2D eigenvalue weighted by Gasteiger charge is -2.25. The van der Waals surface area contributed by atoms with Gasteiger partial charge in [0.05, 0.1) is 12.2 Å². The van der Waals surface area contributed by atoms with E-state index in [0.717, 1.165) is 13.1 Å². The number of hydrogen-bond donors (Lipinski definition) is 0. The molecule has 17 heavy (non-hydrogen) atoms. The Morgan fingerprint density at radius 1 is 1.24 bits per heavy atom. The Hall–Kier alpha value is -1.03.